The van der Waals surface area contributed by atoms with Gasteiger partial charge in [-0.25, -0.2) is 8.42 Å². The molecule has 0 amide bonds. The lowest BCUT2D eigenvalue weighted by atomic mass is 9.97. The molecule has 0 bridgehead atoms. The topological polar surface area (TPSA) is 55.4 Å². The molecule has 2 fully saturated rings. The number of benzene rings is 1. The van der Waals surface area contributed by atoms with Crippen molar-refractivity contribution in [3.05, 3.63) is 29.8 Å². The maximum Gasteiger partial charge on any atom is 0.175 e. The van der Waals surface area contributed by atoms with Gasteiger partial charge in [-0.05, 0) is 62.5 Å². The zero-order chi connectivity index (χ0) is 17.2. The number of rotatable bonds is 5. The third-order valence-corrected chi connectivity index (χ3v) is 7.62. The standard InChI is InChI=1S/C18H27NO3S2/c1-13(17-6-4-12-23-17)22-18-7-3-5-16(19-18)14-8-10-15(11-9-14)24(2,20)21/h8-11,13,16-19H,3-7,12H2,1-2H3/t13-,16?,17?,18?/m0/s1. The van der Waals surface area contributed by atoms with Crippen LogP contribution in [-0.4, -0.2) is 38.0 Å². The van der Waals surface area contributed by atoms with E-state index in [-0.39, 0.29) is 18.4 Å². The van der Waals surface area contributed by atoms with E-state index in [9.17, 15) is 8.42 Å². The highest BCUT2D eigenvalue weighted by Crippen LogP contribution is 2.32. The van der Waals surface area contributed by atoms with Crippen molar-refractivity contribution in [2.75, 3.05) is 12.0 Å². The summed E-state index contributed by atoms with van der Waals surface area (Å²) in [5, 5.41) is 4.23. The summed E-state index contributed by atoms with van der Waals surface area (Å²) in [6, 6.07) is 7.49. The Kier molecular flexibility index (Phi) is 5.90. The molecule has 0 radical (unpaired) electrons. The number of piperidine rings is 1. The van der Waals surface area contributed by atoms with E-state index in [1.807, 2.05) is 23.9 Å². The largest absolute Gasteiger partial charge is 0.359 e. The number of hydrogen-bond acceptors (Lipinski definition) is 5. The summed E-state index contributed by atoms with van der Waals surface area (Å²) < 4.78 is 29.4. The lowest BCUT2D eigenvalue weighted by Gasteiger charge is -2.34. The van der Waals surface area contributed by atoms with E-state index in [1.165, 1.54) is 24.9 Å². The van der Waals surface area contributed by atoms with Gasteiger partial charge in [-0.1, -0.05) is 12.1 Å². The highest BCUT2D eigenvalue weighted by atomic mass is 32.2. The molecule has 1 aromatic carbocycles. The van der Waals surface area contributed by atoms with Crippen molar-refractivity contribution >= 4 is 21.6 Å². The van der Waals surface area contributed by atoms with Gasteiger partial charge in [0.1, 0.15) is 6.23 Å². The molecule has 134 valence electrons. The van der Waals surface area contributed by atoms with Crippen LogP contribution in [0.1, 0.15) is 50.6 Å². The van der Waals surface area contributed by atoms with Crippen LogP contribution in [0.5, 0.6) is 0 Å². The predicted octanol–water partition coefficient (Wildman–Crippen LogP) is 3.53. The third kappa shape index (κ3) is 4.54. The smallest absolute Gasteiger partial charge is 0.175 e. The van der Waals surface area contributed by atoms with Gasteiger partial charge in [0.05, 0.1) is 11.0 Å². The van der Waals surface area contributed by atoms with Crippen molar-refractivity contribution in [1.82, 2.24) is 5.32 Å². The summed E-state index contributed by atoms with van der Waals surface area (Å²) >= 11 is 2.03. The van der Waals surface area contributed by atoms with E-state index in [4.69, 9.17) is 4.74 Å². The van der Waals surface area contributed by atoms with Crippen LogP contribution in [-0.2, 0) is 14.6 Å². The van der Waals surface area contributed by atoms with E-state index in [2.05, 4.69) is 12.2 Å². The van der Waals surface area contributed by atoms with Gasteiger partial charge in [-0.15, -0.1) is 0 Å². The normalized spacial score (nSPS) is 29.5. The molecule has 2 aliphatic heterocycles. The summed E-state index contributed by atoms with van der Waals surface area (Å²) in [5.74, 6) is 1.26. The highest BCUT2D eigenvalue weighted by molar-refractivity contribution is 8.00. The van der Waals surface area contributed by atoms with Gasteiger partial charge < -0.3 is 4.74 Å². The maximum absolute atomic E-state index is 11.6. The van der Waals surface area contributed by atoms with Gasteiger partial charge in [-0.2, -0.15) is 11.8 Å². The van der Waals surface area contributed by atoms with Gasteiger partial charge in [0.15, 0.2) is 9.84 Å². The third-order valence-electron chi connectivity index (χ3n) is 4.92. The SMILES string of the molecule is C[C@H](OC1CCCC(c2ccc(S(C)(=O)=O)cc2)N1)C1CCCS1. The Morgan fingerprint density at radius 1 is 1.17 bits per heavy atom. The van der Waals surface area contributed by atoms with Crippen LogP contribution in [0.3, 0.4) is 0 Å². The summed E-state index contributed by atoms with van der Waals surface area (Å²) in [4.78, 5) is 0.377. The number of thioether (sulfide) groups is 1. The Morgan fingerprint density at radius 3 is 2.54 bits per heavy atom. The van der Waals surface area contributed by atoms with Crippen LogP contribution >= 0.6 is 11.8 Å². The molecule has 4 nitrogen and oxygen atoms in total. The molecule has 0 aliphatic carbocycles. The first-order valence-electron chi connectivity index (χ1n) is 8.76. The molecule has 4 atom stereocenters. The molecule has 0 saturated carbocycles. The fourth-order valence-corrected chi connectivity index (χ4v) is 5.47. The number of nitrogens with one attached hydrogen (secondary N) is 1. The molecule has 6 heteroatoms. The minimum Gasteiger partial charge on any atom is -0.359 e. The molecular formula is C18H27NO3S2. The lowest BCUT2D eigenvalue weighted by Crippen LogP contribution is -2.42. The Bertz CT molecular complexity index is 639. The second-order valence-corrected chi connectivity index (χ2v) is 10.2. The molecule has 2 heterocycles. The summed E-state index contributed by atoms with van der Waals surface area (Å²) in [5.41, 5.74) is 1.14. The first kappa shape index (κ1) is 18.2. The summed E-state index contributed by atoms with van der Waals surface area (Å²) in [6.45, 7) is 2.19. The molecule has 1 N–H and O–H groups in total. The van der Waals surface area contributed by atoms with Crippen LogP contribution in [0.4, 0.5) is 0 Å². The van der Waals surface area contributed by atoms with Crippen molar-refractivity contribution in [1.29, 1.82) is 0 Å². The lowest BCUT2D eigenvalue weighted by molar-refractivity contribution is -0.0444. The number of ether oxygens (including phenoxy) is 1. The maximum atomic E-state index is 11.6. The van der Waals surface area contributed by atoms with E-state index in [1.54, 1.807) is 12.1 Å². The Balaban J connectivity index is 1.60. The summed E-state index contributed by atoms with van der Waals surface area (Å²) in [7, 11) is -3.13. The fourth-order valence-electron chi connectivity index (χ4n) is 3.54. The van der Waals surface area contributed by atoms with E-state index >= 15 is 0 Å². The molecule has 1 aromatic rings. The average Bonchev–Trinajstić information content (AvgIpc) is 3.09. The first-order chi connectivity index (χ1) is 11.4. The number of sulfone groups is 1. The highest BCUT2D eigenvalue weighted by Gasteiger charge is 2.28. The first-order valence-corrected chi connectivity index (χ1v) is 11.7. The molecule has 0 aromatic heterocycles. The Labute approximate surface area is 149 Å². The minimum absolute atomic E-state index is 0.0922. The molecular weight excluding hydrogens is 342 g/mol. The fraction of sp³-hybridized carbons (Fsp3) is 0.667. The van der Waals surface area contributed by atoms with Crippen molar-refractivity contribution in [3.63, 3.8) is 0 Å². The van der Waals surface area contributed by atoms with Gasteiger partial charge in [0, 0.05) is 17.5 Å². The molecule has 2 aliphatic rings. The van der Waals surface area contributed by atoms with E-state index in [0.29, 0.717) is 10.1 Å². The van der Waals surface area contributed by atoms with Crippen LogP contribution in [0.2, 0.25) is 0 Å². The van der Waals surface area contributed by atoms with Crippen LogP contribution in [0.15, 0.2) is 29.2 Å². The summed E-state index contributed by atoms with van der Waals surface area (Å²) in [6.07, 6.45) is 7.40. The second-order valence-electron chi connectivity index (χ2n) is 6.87. The van der Waals surface area contributed by atoms with E-state index < -0.39 is 9.84 Å². The molecule has 0 spiro atoms. The Hall–Kier alpha value is -0.560. The zero-order valence-corrected chi connectivity index (χ0v) is 16.0. The van der Waals surface area contributed by atoms with Gasteiger partial charge in [0.25, 0.3) is 0 Å². The van der Waals surface area contributed by atoms with Crippen LogP contribution in [0.25, 0.3) is 0 Å². The molecule has 2 saturated heterocycles. The minimum atomic E-state index is -3.13. The Morgan fingerprint density at radius 2 is 1.92 bits per heavy atom. The van der Waals surface area contributed by atoms with Crippen molar-refractivity contribution < 1.29 is 13.2 Å². The molecule has 3 rings (SSSR count). The van der Waals surface area contributed by atoms with Gasteiger partial charge in [-0.3, -0.25) is 5.32 Å². The predicted molar refractivity (Wildman–Crippen MR) is 99.1 cm³/mol. The van der Waals surface area contributed by atoms with Crippen molar-refractivity contribution in [3.8, 4) is 0 Å². The quantitative estimate of drug-likeness (QED) is 0.860. The van der Waals surface area contributed by atoms with Crippen molar-refractivity contribution in [2.45, 2.75) is 67.5 Å². The van der Waals surface area contributed by atoms with Gasteiger partial charge in [0.2, 0.25) is 0 Å². The molecule has 24 heavy (non-hydrogen) atoms. The van der Waals surface area contributed by atoms with Crippen LogP contribution < -0.4 is 5.32 Å². The van der Waals surface area contributed by atoms with E-state index in [0.717, 1.165) is 24.8 Å². The average molecular weight is 370 g/mol. The molecule has 3 unspecified atom stereocenters. The van der Waals surface area contributed by atoms with Crippen molar-refractivity contribution in [2.24, 2.45) is 0 Å². The second kappa shape index (κ2) is 7.77. The van der Waals surface area contributed by atoms with Crippen LogP contribution in [0, 0.1) is 0 Å². The number of hydrogen-bond donors (Lipinski definition) is 1. The zero-order valence-electron chi connectivity index (χ0n) is 14.4. The monoisotopic (exact) mass is 369 g/mol. The van der Waals surface area contributed by atoms with Gasteiger partial charge >= 0.3 is 0 Å².